The van der Waals surface area contributed by atoms with Crippen LogP contribution >= 0.6 is 0 Å². The minimum Gasteiger partial charge on any atom is -0.343 e. The minimum atomic E-state index is 0.284. The van der Waals surface area contributed by atoms with Gasteiger partial charge in [0.25, 0.3) is 0 Å². The van der Waals surface area contributed by atoms with Crippen LogP contribution in [0.2, 0.25) is 0 Å². The molecule has 1 aliphatic carbocycles. The standard InChI is InChI=1S/C56H80N4/c1-33(2)43-21-17-22-44(34(3)4)51(43)57-55(58-52-45(35(5)6)23-18-24-46(52)36(7)8)41-29-31-42(32-30-41)56(59-53-47(37(9)10)25-19-26-48(53)38(11)12)60-54-49(39(13)14)27-20-28-50(54)40(15)16/h17-28,33-42H,29-32H2,1-16H3,(H,57,58)(H,59,60). The molecule has 4 nitrogen and oxygen atoms in total. The first kappa shape index (κ1) is 46.9. The number of nitrogens with zero attached hydrogens (tertiary/aromatic N) is 2. The van der Waals surface area contributed by atoms with E-state index in [4.69, 9.17) is 9.98 Å². The molecule has 0 aliphatic heterocycles. The summed E-state index contributed by atoms with van der Waals surface area (Å²) >= 11 is 0. The van der Waals surface area contributed by atoms with Gasteiger partial charge in [-0.3, -0.25) is 0 Å². The molecule has 0 heterocycles. The van der Waals surface area contributed by atoms with Crippen LogP contribution in [0.3, 0.4) is 0 Å². The molecule has 0 amide bonds. The number of nitrogens with one attached hydrogen (secondary N) is 2. The largest absolute Gasteiger partial charge is 0.343 e. The molecule has 0 unspecified atom stereocenters. The zero-order valence-corrected chi connectivity index (χ0v) is 40.4. The van der Waals surface area contributed by atoms with E-state index in [1.54, 1.807) is 0 Å². The van der Waals surface area contributed by atoms with E-state index < -0.39 is 0 Å². The normalized spacial score (nSPS) is 16.8. The van der Waals surface area contributed by atoms with Crippen LogP contribution in [0.15, 0.2) is 82.8 Å². The maximum absolute atomic E-state index is 5.81. The van der Waals surface area contributed by atoms with Crippen molar-refractivity contribution in [1.29, 1.82) is 0 Å². The number of rotatable bonds is 14. The molecule has 0 atom stereocenters. The number of hydrogen-bond donors (Lipinski definition) is 2. The summed E-state index contributed by atoms with van der Waals surface area (Å²) in [5.74, 6) is 5.81. The molecule has 5 rings (SSSR count). The molecule has 4 aromatic rings. The third-order valence-corrected chi connectivity index (χ3v) is 12.9. The number of benzene rings is 4. The molecule has 4 aromatic carbocycles. The maximum atomic E-state index is 5.81. The van der Waals surface area contributed by atoms with Crippen molar-refractivity contribution >= 4 is 34.4 Å². The van der Waals surface area contributed by atoms with Crippen LogP contribution in [0.5, 0.6) is 0 Å². The van der Waals surface area contributed by atoms with Gasteiger partial charge in [-0.05, 0) is 118 Å². The Bertz CT molecular complexity index is 1840. The van der Waals surface area contributed by atoms with E-state index >= 15 is 0 Å². The van der Waals surface area contributed by atoms with Gasteiger partial charge in [0.05, 0.1) is 11.4 Å². The van der Waals surface area contributed by atoms with Gasteiger partial charge < -0.3 is 10.6 Å². The summed E-state index contributed by atoms with van der Waals surface area (Å²) in [5, 5.41) is 8.27. The zero-order chi connectivity index (χ0) is 44.0. The SMILES string of the molecule is CC(C)c1cccc(C(C)C)c1N=C(Nc1c(C(C)C)cccc1C(C)C)C1CCC(C(=Nc2c(C(C)C)cccc2C(C)C)Nc2c(C(C)C)cccc2C(C)C)CC1. The van der Waals surface area contributed by atoms with Gasteiger partial charge in [0, 0.05) is 23.2 Å². The van der Waals surface area contributed by atoms with Gasteiger partial charge in [-0.15, -0.1) is 0 Å². The topological polar surface area (TPSA) is 48.8 Å². The Labute approximate surface area is 366 Å². The van der Waals surface area contributed by atoms with Crippen LogP contribution in [0.25, 0.3) is 0 Å². The Morgan fingerprint density at radius 3 is 0.750 bits per heavy atom. The van der Waals surface area contributed by atoms with E-state index in [0.29, 0.717) is 47.3 Å². The predicted molar refractivity (Wildman–Crippen MR) is 265 cm³/mol. The second-order valence-corrected chi connectivity index (χ2v) is 20.2. The third kappa shape index (κ3) is 10.8. The van der Waals surface area contributed by atoms with Crippen LogP contribution < -0.4 is 10.6 Å². The first-order valence-corrected chi connectivity index (χ1v) is 23.6. The van der Waals surface area contributed by atoms with Crippen LogP contribution in [-0.4, -0.2) is 11.7 Å². The highest BCUT2D eigenvalue weighted by Crippen LogP contribution is 2.42. The number of hydrogen-bond acceptors (Lipinski definition) is 2. The van der Waals surface area contributed by atoms with Gasteiger partial charge in [0.15, 0.2) is 0 Å². The molecule has 0 radical (unpaired) electrons. The third-order valence-electron chi connectivity index (χ3n) is 12.9. The summed E-state index contributed by atoms with van der Waals surface area (Å²) in [6.45, 7) is 37.0. The van der Waals surface area contributed by atoms with Crippen molar-refractivity contribution in [2.24, 2.45) is 21.8 Å². The van der Waals surface area contributed by atoms with Crippen molar-refractivity contribution in [3.63, 3.8) is 0 Å². The Hall–Kier alpha value is -4.18. The van der Waals surface area contributed by atoms with Crippen molar-refractivity contribution in [3.05, 3.63) is 117 Å². The molecule has 1 fully saturated rings. The molecule has 60 heavy (non-hydrogen) atoms. The van der Waals surface area contributed by atoms with Crippen LogP contribution in [0, 0.1) is 11.8 Å². The number of aliphatic imine (C=N–C) groups is 2. The average Bonchev–Trinajstić information content (AvgIpc) is 3.19. The van der Waals surface area contributed by atoms with Crippen molar-refractivity contribution in [3.8, 4) is 0 Å². The quantitative estimate of drug-likeness (QED) is 0.0985. The molecular formula is C56H80N4. The Morgan fingerprint density at radius 1 is 0.350 bits per heavy atom. The summed E-state index contributed by atoms with van der Waals surface area (Å²) in [5.41, 5.74) is 15.5. The van der Waals surface area contributed by atoms with Crippen molar-refractivity contribution < 1.29 is 0 Å². The van der Waals surface area contributed by atoms with E-state index in [2.05, 4.69) is 194 Å². The highest BCUT2D eigenvalue weighted by atomic mass is 15.0. The van der Waals surface area contributed by atoms with Crippen molar-refractivity contribution in [2.75, 3.05) is 10.6 Å². The lowest BCUT2D eigenvalue weighted by atomic mass is 9.79. The molecule has 0 saturated heterocycles. The highest BCUT2D eigenvalue weighted by molar-refractivity contribution is 6.02. The monoisotopic (exact) mass is 809 g/mol. The Kier molecular flexibility index (Phi) is 16.1. The number of amidine groups is 2. The highest BCUT2D eigenvalue weighted by Gasteiger charge is 2.31. The van der Waals surface area contributed by atoms with Crippen LogP contribution in [-0.2, 0) is 0 Å². The second kappa shape index (κ2) is 20.6. The molecule has 0 aromatic heterocycles. The molecule has 4 heteroatoms. The van der Waals surface area contributed by atoms with Gasteiger partial charge >= 0.3 is 0 Å². The van der Waals surface area contributed by atoms with Gasteiger partial charge in [-0.1, -0.05) is 184 Å². The molecule has 1 saturated carbocycles. The Morgan fingerprint density at radius 2 is 0.550 bits per heavy atom. The van der Waals surface area contributed by atoms with Gasteiger partial charge in [-0.2, -0.15) is 0 Å². The van der Waals surface area contributed by atoms with Gasteiger partial charge in [0.2, 0.25) is 0 Å². The summed E-state index contributed by atoms with van der Waals surface area (Å²) in [4.78, 5) is 11.6. The second-order valence-electron chi connectivity index (χ2n) is 20.2. The fourth-order valence-corrected chi connectivity index (χ4v) is 9.25. The fraction of sp³-hybridized carbons (Fsp3) is 0.536. The van der Waals surface area contributed by atoms with Crippen molar-refractivity contribution in [1.82, 2.24) is 0 Å². The molecule has 324 valence electrons. The Balaban J connectivity index is 1.66. The van der Waals surface area contributed by atoms with E-state index in [1.807, 2.05) is 0 Å². The molecule has 1 aliphatic rings. The predicted octanol–water partition coefficient (Wildman–Crippen LogP) is 17.5. The summed E-state index contributed by atoms with van der Waals surface area (Å²) in [6, 6.07) is 27.3. The lowest BCUT2D eigenvalue weighted by molar-refractivity contribution is 0.387. The van der Waals surface area contributed by atoms with E-state index in [1.165, 1.54) is 55.9 Å². The lowest BCUT2D eigenvalue weighted by Crippen LogP contribution is -2.33. The molecular weight excluding hydrogens is 729 g/mol. The molecule has 0 bridgehead atoms. The smallest absolute Gasteiger partial charge is 0.110 e. The lowest BCUT2D eigenvalue weighted by Gasteiger charge is -2.33. The summed E-state index contributed by atoms with van der Waals surface area (Å²) in [7, 11) is 0. The van der Waals surface area contributed by atoms with Crippen molar-refractivity contribution in [2.45, 2.75) is 184 Å². The number of para-hydroxylation sites is 4. The maximum Gasteiger partial charge on any atom is 0.110 e. The number of anilines is 2. The van der Waals surface area contributed by atoms with Crippen LogP contribution in [0.4, 0.5) is 22.7 Å². The minimum absolute atomic E-state index is 0.284. The summed E-state index contributed by atoms with van der Waals surface area (Å²) < 4.78 is 0. The first-order chi connectivity index (χ1) is 28.4. The fourth-order valence-electron chi connectivity index (χ4n) is 9.25. The van der Waals surface area contributed by atoms with Gasteiger partial charge in [0.1, 0.15) is 11.7 Å². The van der Waals surface area contributed by atoms with E-state index in [-0.39, 0.29) is 11.8 Å². The zero-order valence-electron chi connectivity index (χ0n) is 40.4. The molecule has 0 spiro atoms. The average molecular weight is 809 g/mol. The van der Waals surface area contributed by atoms with Gasteiger partial charge in [-0.25, -0.2) is 9.98 Å². The molecule has 2 N–H and O–H groups in total. The van der Waals surface area contributed by atoms with Crippen LogP contribution in [0.1, 0.15) is 228 Å². The summed E-state index contributed by atoms with van der Waals surface area (Å²) in [6.07, 6.45) is 4.13. The van der Waals surface area contributed by atoms with E-state index in [0.717, 1.165) is 48.7 Å². The van der Waals surface area contributed by atoms with E-state index in [9.17, 15) is 0 Å². The first-order valence-electron chi connectivity index (χ1n) is 23.6.